The predicted molar refractivity (Wildman–Crippen MR) is 246 cm³/mol. The van der Waals surface area contributed by atoms with Crippen LogP contribution in [0.3, 0.4) is 0 Å². The van der Waals surface area contributed by atoms with Gasteiger partial charge in [-0.3, -0.25) is 0 Å². The van der Waals surface area contributed by atoms with Gasteiger partial charge in [-0.25, -0.2) is 0 Å². The third kappa shape index (κ3) is 4.83. The van der Waals surface area contributed by atoms with Crippen LogP contribution in [0.2, 0.25) is 0 Å². The maximum atomic E-state index is 6.12. The number of rotatable bonds is 4. The highest BCUT2D eigenvalue weighted by molar-refractivity contribution is 6.21. The highest BCUT2D eigenvalue weighted by atomic mass is 16.3. The number of para-hydroxylation sites is 1. The molecular weight excluding hydrogens is 701 g/mol. The van der Waals surface area contributed by atoms with Gasteiger partial charge in [0.25, 0.3) is 0 Å². The van der Waals surface area contributed by atoms with Crippen LogP contribution in [0, 0.1) is 0 Å². The molecule has 10 aromatic carbocycles. The molecule has 1 aliphatic carbocycles. The Hall–Kier alpha value is -7.22. The van der Waals surface area contributed by atoms with E-state index < -0.39 is 0 Å². The van der Waals surface area contributed by atoms with Crippen LogP contribution in [0.1, 0.15) is 25.0 Å². The Morgan fingerprint density at radius 3 is 1.45 bits per heavy atom. The second-order valence-corrected chi connectivity index (χ2v) is 16.4. The molecule has 0 amide bonds. The highest BCUT2D eigenvalue weighted by Crippen LogP contribution is 2.53. The first kappa shape index (κ1) is 33.0. The van der Waals surface area contributed by atoms with Gasteiger partial charge >= 0.3 is 0 Å². The van der Waals surface area contributed by atoms with Crippen LogP contribution >= 0.6 is 0 Å². The fourth-order valence-electron chi connectivity index (χ4n) is 10.0. The van der Waals surface area contributed by atoms with Gasteiger partial charge in [-0.1, -0.05) is 178 Å². The highest BCUT2D eigenvalue weighted by Gasteiger charge is 2.37. The normalized spacial score (nSPS) is 13.1. The van der Waals surface area contributed by atoms with Gasteiger partial charge in [-0.2, -0.15) is 0 Å². The van der Waals surface area contributed by atoms with Gasteiger partial charge in [0.05, 0.1) is 0 Å². The quantitative estimate of drug-likeness (QED) is 0.164. The van der Waals surface area contributed by atoms with E-state index >= 15 is 0 Å². The first-order valence-corrected chi connectivity index (χ1v) is 20.2. The monoisotopic (exact) mass is 738 g/mol. The second-order valence-electron chi connectivity index (χ2n) is 16.4. The summed E-state index contributed by atoms with van der Waals surface area (Å²) in [5.41, 5.74) is 17.2. The number of hydrogen-bond acceptors (Lipinski definition) is 1. The van der Waals surface area contributed by atoms with Crippen LogP contribution in [0.5, 0.6) is 0 Å². The lowest BCUT2D eigenvalue weighted by atomic mass is 9.81. The summed E-state index contributed by atoms with van der Waals surface area (Å²) in [5.74, 6) is 0. The molecule has 0 radical (unpaired) electrons. The van der Waals surface area contributed by atoms with Crippen molar-refractivity contribution >= 4 is 54.3 Å². The molecule has 0 spiro atoms. The maximum Gasteiger partial charge on any atom is 0.135 e. The summed E-state index contributed by atoms with van der Waals surface area (Å²) in [6.07, 6.45) is 0. The molecule has 12 rings (SSSR count). The Morgan fingerprint density at radius 2 is 0.810 bits per heavy atom. The van der Waals surface area contributed by atoms with E-state index in [1.807, 2.05) is 12.1 Å². The Labute approximate surface area is 337 Å². The topological polar surface area (TPSA) is 13.1 Å². The molecule has 0 aliphatic heterocycles. The van der Waals surface area contributed by atoms with E-state index in [2.05, 4.69) is 196 Å². The zero-order chi connectivity index (χ0) is 38.5. The first-order valence-electron chi connectivity index (χ1n) is 20.2. The number of fused-ring (bicyclic) bond motifs is 9. The number of hydrogen-bond donors (Lipinski definition) is 0. The lowest BCUT2D eigenvalue weighted by Gasteiger charge is -2.22. The van der Waals surface area contributed by atoms with Crippen LogP contribution in [-0.2, 0) is 5.41 Å². The molecular formula is C57H38O. The largest absolute Gasteiger partial charge is 0.456 e. The zero-order valence-electron chi connectivity index (χ0n) is 32.4. The fraction of sp³-hybridized carbons (Fsp3) is 0.0526. The summed E-state index contributed by atoms with van der Waals surface area (Å²) in [6.45, 7) is 4.74. The predicted octanol–water partition coefficient (Wildman–Crippen LogP) is 16.0. The molecule has 0 atom stereocenters. The summed E-state index contributed by atoms with van der Waals surface area (Å²) in [5, 5.41) is 9.91. The molecule has 0 unspecified atom stereocenters. The van der Waals surface area contributed by atoms with E-state index in [1.54, 1.807) is 0 Å². The third-order valence-electron chi connectivity index (χ3n) is 12.9. The molecule has 11 aromatic rings. The van der Waals surface area contributed by atoms with E-state index in [9.17, 15) is 0 Å². The van der Waals surface area contributed by atoms with E-state index in [0.29, 0.717) is 0 Å². The van der Waals surface area contributed by atoms with Crippen molar-refractivity contribution in [1.29, 1.82) is 0 Å². The SMILES string of the molecule is CC1(C)c2cc3ccccc3cc2-c2c(-c3ccc(-c4c5ccccc5c(-c5ccc(-c6ccc7oc8ccccc8c7c6)cc5)c5ccccc45)cc3)cccc21. The average molecular weight is 739 g/mol. The molecule has 272 valence electrons. The van der Waals surface area contributed by atoms with Crippen molar-refractivity contribution in [3.8, 4) is 55.6 Å². The van der Waals surface area contributed by atoms with Gasteiger partial charge in [0.15, 0.2) is 0 Å². The summed E-state index contributed by atoms with van der Waals surface area (Å²) in [4.78, 5) is 0. The van der Waals surface area contributed by atoms with Gasteiger partial charge in [-0.15, -0.1) is 0 Å². The molecule has 0 bridgehead atoms. The average Bonchev–Trinajstić information content (AvgIpc) is 3.76. The Morgan fingerprint density at radius 1 is 0.310 bits per heavy atom. The van der Waals surface area contributed by atoms with Crippen molar-refractivity contribution in [3.63, 3.8) is 0 Å². The lowest BCUT2D eigenvalue weighted by molar-refractivity contribution is 0.661. The molecule has 1 aliphatic rings. The van der Waals surface area contributed by atoms with Crippen molar-refractivity contribution in [1.82, 2.24) is 0 Å². The molecule has 1 heteroatoms. The first-order chi connectivity index (χ1) is 28.5. The van der Waals surface area contributed by atoms with E-state index in [4.69, 9.17) is 4.42 Å². The fourth-order valence-corrected chi connectivity index (χ4v) is 10.0. The van der Waals surface area contributed by atoms with Crippen LogP contribution in [0.15, 0.2) is 199 Å². The smallest absolute Gasteiger partial charge is 0.135 e. The summed E-state index contributed by atoms with van der Waals surface area (Å²) in [7, 11) is 0. The lowest BCUT2D eigenvalue weighted by Crippen LogP contribution is -2.14. The molecule has 58 heavy (non-hydrogen) atoms. The summed E-state index contributed by atoms with van der Waals surface area (Å²) in [6, 6.07) is 71.5. The number of furan rings is 1. The van der Waals surface area contributed by atoms with Crippen molar-refractivity contribution in [2.45, 2.75) is 19.3 Å². The van der Waals surface area contributed by atoms with Gasteiger partial charge in [-0.05, 0) is 129 Å². The minimum atomic E-state index is -0.0749. The minimum absolute atomic E-state index is 0.0749. The van der Waals surface area contributed by atoms with E-state index in [1.165, 1.54) is 99.1 Å². The van der Waals surface area contributed by atoms with E-state index in [-0.39, 0.29) is 5.41 Å². The third-order valence-corrected chi connectivity index (χ3v) is 12.9. The van der Waals surface area contributed by atoms with Crippen molar-refractivity contribution in [3.05, 3.63) is 205 Å². The zero-order valence-corrected chi connectivity index (χ0v) is 32.4. The minimum Gasteiger partial charge on any atom is -0.456 e. The van der Waals surface area contributed by atoms with Gasteiger partial charge < -0.3 is 4.42 Å². The summed E-state index contributed by atoms with van der Waals surface area (Å²) >= 11 is 0. The van der Waals surface area contributed by atoms with Crippen LogP contribution < -0.4 is 0 Å². The Balaban J connectivity index is 0.964. The van der Waals surface area contributed by atoms with Gasteiger partial charge in [0.2, 0.25) is 0 Å². The Bertz CT molecular complexity index is 3390. The van der Waals surface area contributed by atoms with Gasteiger partial charge in [0, 0.05) is 16.2 Å². The van der Waals surface area contributed by atoms with Crippen LogP contribution in [-0.4, -0.2) is 0 Å². The molecule has 1 nitrogen and oxygen atoms in total. The maximum absolute atomic E-state index is 6.12. The molecule has 1 heterocycles. The standard InChI is InChI=1S/C57H38O/c1-57(2)50-20-11-19-42(56(50)49-33-39-12-3-4-13-40(39)34-51(49)57)36-24-28-38(29-25-36)55-46-17-7-5-15-44(46)54(45-16-6-8-18-47(45)55)37-26-22-35(23-27-37)41-30-31-53-48(32-41)43-14-9-10-21-52(43)58-53/h3-34H,1-2H3. The van der Waals surface area contributed by atoms with Crippen LogP contribution in [0.25, 0.3) is 110 Å². The van der Waals surface area contributed by atoms with Crippen molar-refractivity contribution < 1.29 is 4.42 Å². The molecule has 0 fully saturated rings. The molecule has 0 N–H and O–H groups in total. The molecule has 0 saturated heterocycles. The van der Waals surface area contributed by atoms with Crippen molar-refractivity contribution in [2.75, 3.05) is 0 Å². The number of benzene rings is 10. The van der Waals surface area contributed by atoms with Crippen LogP contribution in [0.4, 0.5) is 0 Å². The van der Waals surface area contributed by atoms with Crippen molar-refractivity contribution in [2.24, 2.45) is 0 Å². The van der Waals surface area contributed by atoms with Gasteiger partial charge in [0.1, 0.15) is 11.2 Å². The molecule has 1 aromatic heterocycles. The van der Waals surface area contributed by atoms with E-state index in [0.717, 1.165) is 21.9 Å². The summed E-state index contributed by atoms with van der Waals surface area (Å²) < 4.78 is 6.12. The second kappa shape index (κ2) is 12.4. The Kier molecular flexibility index (Phi) is 7.04. The molecule has 0 saturated carbocycles.